The quantitative estimate of drug-likeness (QED) is 0.683. The lowest BCUT2D eigenvalue weighted by Gasteiger charge is -2.25. The molecule has 5 nitrogen and oxygen atoms in total. The summed E-state index contributed by atoms with van der Waals surface area (Å²) >= 11 is 0. The number of aliphatic hydroxyl groups is 1. The zero-order valence-electron chi connectivity index (χ0n) is 12.0. The van der Waals surface area contributed by atoms with Gasteiger partial charge in [-0.15, -0.1) is 0 Å². The van der Waals surface area contributed by atoms with Crippen LogP contribution in [0, 0.1) is 5.82 Å². The van der Waals surface area contributed by atoms with Crippen LogP contribution < -0.4 is 11.1 Å². The topological polar surface area (TPSA) is 78.6 Å². The summed E-state index contributed by atoms with van der Waals surface area (Å²) in [4.78, 5) is 13.0. The Bertz CT molecular complexity index is 490. The summed E-state index contributed by atoms with van der Waals surface area (Å²) in [5.74, 6) is -1.07. The van der Waals surface area contributed by atoms with Gasteiger partial charge in [-0.3, -0.25) is 9.69 Å². The van der Waals surface area contributed by atoms with Gasteiger partial charge in [0.15, 0.2) is 0 Å². The van der Waals surface area contributed by atoms with Crippen molar-refractivity contribution in [2.75, 3.05) is 26.2 Å². The van der Waals surface area contributed by atoms with E-state index in [2.05, 4.69) is 5.32 Å². The number of nitrogens with zero attached hydrogens (tertiary/aromatic N) is 1. The summed E-state index contributed by atoms with van der Waals surface area (Å²) in [6.45, 7) is 2.73. The predicted molar refractivity (Wildman–Crippen MR) is 78.3 cm³/mol. The Labute approximate surface area is 123 Å². The van der Waals surface area contributed by atoms with Crippen molar-refractivity contribution in [3.63, 3.8) is 0 Å². The molecule has 1 aromatic rings. The molecule has 0 aliphatic carbocycles. The van der Waals surface area contributed by atoms with Gasteiger partial charge < -0.3 is 16.2 Å². The minimum atomic E-state index is -0.636. The highest BCUT2D eigenvalue weighted by Gasteiger charge is 2.19. The molecule has 1 saturated heterocycles. The second kappa shape index (κ2) is 7.49. The zero-order valence-corrected chi connectivity index (χ0v) is 12.0. The maximum Gasteiger partial charge on any atom is 0.248 e. The summed E-state index contributed by atoms with van der Waals surface area (Å²) in [5.41, 5.74) is 5.81. The molecule has 1 aliphatic rings. The number of aliphatic hydroxyl groups excluding tert-OH is 1. The average molecular weight is 295 g/mol. The minimum Gasteiger partial charge on any atom is -0.395 e. The van der Waals surface area contributed by atoms with E-state index in [1.165, 1.54) is 12.1 Å². The van der Waals surface area contributed by atoms with E-state index in [0.29, 0.717) is 24.7 Å². The van der Waals surface area contributed by atoms with Gasteiger partial charge in [0.2, 0.25) is 5.91 Å². The molecule has 1 aromatic carbocycles. The van der Waals surface area contributed by atoms with Crippen LogP contribution in [0.25, 0.3) is 0 Å². The maximum absolute atomic E-state index is 14.0. The fourth-order valence-electron chi connectivity index (χ4n) is 2.67. The van der Waals surface area contributed by atoms with Crippen LogP contribution in [-0.4, -0.2) is 48.2 Å². The van der Waals surface area contributed by atoms with Gasteiger partial charge >= 0.3 is 0 Å². The number of halogens is 1. The second-order valence-corrected chi connectivity index (χ2v) is 5.42. The Balaban J connectivity index is 2.03. The number of amides is 1. The third-order valence-corrected chi connectivity index (χ3v) is 3.79. The van der Waals surface area contributed by atoms with Gasteiger partial charge in [-0.05, 0) is 31.5 Å². The fraction of sp³-hybridized carbons (Fsp3) is 0.533. The van der Waals surface area contributed by atoms with E-state index in [1.54, 1.807) is 6.07 Å². The van der Waals surface area contributed by atoms with Crippen molar-refractivity contribution in [2.45, 2.75) is 25.4 Å². The van der Waals surface area contributed by atoms with Gasteiger partial charge in [-0.25, -0.2) is 4.39 Å². The first kappa shape index (κ1) is 15.9. The van der Waals surface area contributed by atoms with E-state index in [-0.39, 0.29) is 12.2 Å². The van der Waals surface area contributed by atoms with E-state index in [9.17, 15) is 9.18 Å². The van der Waals surface area contributed by atoms with E-state index in [0.717, 1.165) is 25.9 Å². The van der Waals surface area contributed by atoms with Crippen LogP contribution in [0.4, 0.5) is 4.39 Å². The summed E-state index contributed by atoms with van der Waals surface area (Å²) < 4.78 is 14.0. The molecule has 0 saturated carbocycles. The van der Waals surface area contributed by atoms with Crippen LogP contribution in [0.3, 0.4) is 0 Å². The molecule has 0 aromatic heterocycles. The molecule has 1 heterocycles. The van der Waals surface area contributed by atoms with Gasteiger partial charge in [0.25, 0.3) is 0 Å². The molecule has 0 spiro atoms. The van der Waals surface area contributed by atoms with E-state index in [1.807, 2.05) is 4.90 Å². The number of primary amides is 1. The smallest absolute Gasteiger partial charge is 0.248 e. The second-order valence-electron chi connectivity index (χ2n) is 5.42. The van der Waals surface area contributed by atoms with Crippen molar-refractivity contribution in [1.29, 1.82) is 0 Å². The number of hydrogen-bond acceptors (Lipinski definition) is 4. The zero-order chi connectivity index (χ0) is 15.2. The van der Waals surface area contributed by atoms with Crippen LogP contribution in [0.5, 0.6) is 0 Å². The first-order valence-electron chi connectivity index (χ1n) is 7.25. The third kappa shape index (κ3) is 4.49. The van der Waals surface area contributed by atoms with E-state index >= 15 is 0 Å². The number of hydrogen-bond donors (Lipinski definition) is 3. The summed E-state index contributed by atoms with van der Waals surface area (Å²) in [7, 11) is 0. The maximum atomic E-state index is 14.0. The molecule has 1 aliphatic heterocycles. The molecule has 2 rings (SSSR count). The van der Waals surface area contributed by atoms with Crippen molar-refractivity contribution in [3.8, 4) is 0 Å². The molecule has 4 N–H and O–H groups in total. The molecular formula is C15H22FN3O2. The highest BCUT2D eigenvalue weighted by molar-refractivity contribution is 5.92. The lowest BCUT2D eigenvalue weighted by molar-refractivity contribution is 0.1000. The van der Waals surface area contributed by atoms with E-state index in [4.69, 9.17) is 10.8 Å². The predicted octanol–water partition coefficient (Wildman–Crippen LogP) is 0.471. The molecule has 6 heteroatoms. The van der Waals surface area contributed by atoms with Crippen molar-refractivity contribution in [1.82, 2.24) is 10.2 Å². The Morgan fingerprint density at radius 3 is 2.90 bits per heavy atom. The van der Waals surface area contributed by atoms with Gasteiger partial charge in [0.05, 0.1) is 6.61 Å². The number of nitrogens with two attached hydrogens (primary N) is 1. The van der Waals surface area contributed by atoms with Crippen LogP contribution in [0.15, 0.2) is 18.2 Å². The summed E-state index contributed by atoms with van der Waals surface area (Å²) in [5, 5.41) is 12.5. The van der Waals surface area contributed by atoms with Crippen LogP contribution >= 0.6 is 0 Å². The summed E-state index contributed by atoms with van der Waals surface area (Å²) in [6, 6.07) is 4.68. The molecule has 116 valence electrons. The number of rotatable bonds is 7. The first-order chi connectivity index (χ1) is 10.1. The molecule has 0 radical (unpaired) electrons. The monoisotopic (exact) mass is 295 g/mol. The average Bonchev–Trinajstić information content (AvgIpc) is 2.94. The van der Waals surface area contributed by atoms with Gasteiger partial charge in [0, 0.05) is 36.8 Å². The highest BCUT2D eigenvalue weighted by atomic mass is 19.1. The van der Waals surface area contributed by atoms with E-state index < -0.39 is 11.7 Å². The SMILES string of the molecule is NC(=O)c1ccc(CN(CCO)CC2CCCN2)c(F)c1. The Kier molecular flexibility index (Phi) is 5.67. The fourth-order valence-corrected chi connectivity index (χ4v) is 2.67. The molecule has 0 bridgehead atoms. The van der Waals surface area contributed by atoms with Gasteiger partial charge in [-0.2, -0.15) is 0 Å². The molecule has 1 fully saturated rings. The van der Waals surface area contributed by atoms with Crippen molar-refractivity contribution < 1.29 is 14.3 Å². The Hall–Kier alpha value is -1.50. The molecular weight excluding hydrogens is 273 g/mol. The minimum absolute atomic E-state index is 0.0354. The van der Waals surface area contributed by atoms with Crippen molar-refractivity contribution in [3.05, 3.63) is 35.1 Å². The number of benzene rings is 1. The lowest BCUT2D eigenvalue weighted by atomic mass is 10.1. The van der Waals surface area contributed by atoms with Crippen LogP contribution in [-0.2, 0) is 6.54 Å². The van der Waals surface area contributed by atoms with Crippen molar-refractivity contribution in [2.24, 2.45) is 5.73 Å². The van der Waals surface area contributed by atoms with Gasteiger partial charge in [0.1, 0.15) is 5.82 Å². The highest BCUT2D eigenvalue weighted by Crippen LogP contribution is 2.14. The Morgan fingerprint density at radius 1 is 1.52 bits per heavy atom. The molecule has 1 unspecified atom stereocenters. The largest absolute Gasteiger partial charge is 0.395 e. The van der Waals surface area contributed by atoms with Crippen LogP contribution in [0.1, 0.15) is 28.8 Å². The number of carbonyl (C=O) groups is 1. The first-order valence-corrected chi connectivity index (χ1v) is 7.25. The summed E-state index contributed by atoms with van der Waals surface area (Å²) in [6.07, 6.45) is 2.25. The number of carbonyl (C=O) groups excluding carboxylic acids is 1. The number of nitrogens with one attached hydrogen (secondary N) is 1. The molecule has 1 atom stereocenters. The Morgan fingerprint density at radius 2 is 2.33 bits per heavy atom. The molecule has 1 amide bonds. The van der Waals surface area contributed by atoms with Gasteiger partial charge in [-0.1, -0.05) is 6.07 Å². The lowest BCUT2D eigenvalue weighted by Crippen LogP contribution is -2.38. The molecule has 21 heavy (non-hydrogen) atoms. The standard InChI is InChI=1S/C15H22FN3O2/c16-14-8-11(15(17)21)3-4-12(14)9-19(6-7-20)10-13-2-1-5-18-13/h3-4,8,13,18,20H,1-2,5-7,9-10H2,(H2,17,21). The third-order valence-electron chi connectivity index (χ3n) is 3.79. The van der Waals surface area contributed by atoms with Crippen LogP contribution in [0.2, 0.25) is 0 Å². The normalized spacial score (nSPS) is 18.3. The van der Waals surface area contributed by atoms with Crippen molar-refractivity contribution >= 4 is 5.91 Å².